The van der Waals surface area contributed by atoms with Gasteiger partial charge in [-0.2, -0.15) is 0 Å². The summed E-state index contributed by atoms with van der Waals surface area (Å²) in [5.41, 5.74) is 5.72. The Morgan fingerprint density at radius 3 is 2.71 bits per heavy atom. The minimum atomic E-state index is -0.370. The number of pyridine rings is 1. The van der Waals surface area contributed by atoms with E-state index in [-0.39, 0.29) is 24.3 Å². The zero-order valence-electron chi connectivity index (χ0n) is 16.9. The van der Waals surface area contributed by atoms with Gasteiger partial charge in [-0.3, -0.25) is 9.78 Å². The van der Waals surface area contributed by atoms with Gasteiger partial charge in [0.25, 0.3) is 0 Å². The van der Waals surface area contributed by atoms with E-state index in [1.807, 2.05) is 34.6 Å². The number of aromatic nitrogens is 1. The molecular weight excluding hydrogens is 425 g/mol. The van der Waals surface area contributed by atoms with E-state index in [2.05, 4.69) is 20.9 Å². The number of aryl methyl sites for hydroxylation is 2. The van der Waals surface area contributed by atoms with Crippen LogP contribution in [0.4, 0.5) is 4.39 Å². The molecule has 1 aliphatic rings. The molecule has 150 valence electrons. The predicted octanol–water partition coefficient (Wildman–Crippen LogP) is 5.39. The number of hydrogen-bond acceptors (Lipinski definition) is 4. The molecule has 0 atom stereocenters. The van der Waals surface area contributed by atoms with E-state index in [4.69, 9.17) is 9.47 Å². The quantitative estimate of drug-likeness (QED) is 0.586. The van der Waals surface area contributed by atoms with Gasteiger partial charge in [0, 0.05) is 21.3 Å². The smallest absolute Gasteiger partial charge is 0.310 e. The first-order chi connectivity index (χ1) is 13.2. The van der Waals surface area contributed by atoms with Gasteiger partial charge in [-0.1, -0.05) is 0 Å². The van der Waals surface area contributed by atoms with Gasteiger partial charge in [-0.25, -0.2) is 4.39 Å². The highest BCUT2D eigenvalue weighted by Crippen LogP contribution is 2.42. The van der Waals surface area contributed by atoms with Crippen molar-refractivity contribution < 1.29 is 18.7 Å². The summed E-state index contributed by atoms with van der Waals surface area (Å²) in [6, 6.07) is 1.51. The molecule has 2 aromatic rings. The Morgan fingerprint density at radius 1 is 1.32 bits per heavy atom. The summed E-state index contributed by atoms with van der Waals surface area (Å²) in [6.45, 7) is 9.91. The lowest BCUT2D eigenvalue weighted by Gasteiger charge is -2.24. The predicted molar refractivity (Wildman–Crippen MR) is 110 cm³/mol. The molecular formula is C22H25BrFNO3. The first kappa shape index (κ1) is 20.8. The first-order valence-corrected chi connectivity index (χ1v) is 10.3. The summed E-state index contributed by atoms with van der Waals surface area (Å²) in [5.74, 6) is -0.340. The number of ether oxygens (including phenoxy) is 2. The van der Waals surface area contributed by atoms with Crippen molar-refractivity contribution >= 4 is 21.9 Å². The molecule has 0 spiro atoms. The van der Waals surface area contributed by atoms with Crippen LogP contribution < -0.4 is 4.74 Å². The Bertz CT molecular complexity index is 940. The van der Waals surface area contributed by atoms with E-state index in [9.17, 15) is 9.18 Å². The van der Waals surface area contributed by atoms with E-state index in [1.54, 1.807) is 0 Å². The molecule has 4 nitrogen and oxygen atoms in total. The Kier molecular flexibility index (Phi) is 6.08. The highest BCUT2D eigenvalue weighted by atomic mass is 79.9. The molecule has 0 radical (unpaired) electrons. The third-order valence-electron chi connectivity index (χ3n) is 5.00. The van der Waals surface area contributed by atoms with E-state index >= 15 is 0 Å². The van der Waals surface area contributed by atoms with Crippen LogP contribution in [0.5, 0.6) is 5.75 Å². The third kappa shape index (κ3) is 3.93. The Labute approximate surface area is 173 Å². The van der Waals surface area contributed by atoms with E-state index in [0.29, 0.717) is 12.4 Å². The van der Waals surface area contributed by atoms with Gasteiger partial charge < -0.3 is 9.47 Å². The summed E-state index contributed by atoms with van der Waals surface area (Å²) < 4.78 is 26.5. The maximum Gasteiger partial charge on any atom is 0.310 e. The molecule has 0 unspecified atom stereocenters. The maximum absolute atomic E-state index is 14.8. The molecule has 1 aromatic heterocycles. The number of hydrogen-bond donors (Lipinski definition) is 0. The largest absolute Gasteiger partial charge is 0.490 e. The van der Waals surface area contributed by atoms with Crippen LogP contribution in [0.1, 0.15) is 48.3 Å². The maximum atomic E-state index is 14.8. The first-order valence-electron chi connectivity index (χ1n) is 9.50. The third-order valence-corrected chi connectivity index (χ3v) is 5.98. The van der Waals surface area contributed by atoms with Crippen LogP contribution in [-0.2, 0) is 22.4 Å². The lowest BCUT2D eigenvalue weighted by Crippen LogP contribution is -2.16. The summed E-state index contributed by atoms with van der Waals surface area (Å²) in [7, 11) is 0. The molecule has 1 aliphatic heterocycles. The average molecular weight is 450 g/mol. The van der Waals surface area contributed by atoms with Crippen molar-refractivity contribution in [3.8, 4) is 16.9 Å². The van der Waals surface area contributed by atoms with Crippen LogP contribution in [-0.4, -0.2) is 23.7 Å². The van der Waals surface area contributed by atoms with Gasteiger partial charge >= 0.3 is 5.97 Å². The van der Waals surface area contributed by atoms with Gasteiger partial charge in [-0.15, -0.1) is 0 Å². The van der Waals surface area contributed by atoms with Gasteiger partial charge in [0.15, 0.2) is 11.6 Å². The molecule has 0 amide bonds. The standard InChI is InChI=1S/C22H25BrFNO3/c1-11(2)28-19(26)10-17-13(4)25-14(5)21(23)20(17)16-9-18(24)22-15(12(16)3)7-6-8-27-22/h9,11H,6-8,10H2,1-5H3. The number of carbonyl (C=O) groups is 1. The van der Waals surface area contributed by atoms with Crippen molar-refractivity contribution in [2.24, 2.45) is 0 Å². The molecule has 0 saturated heterocycles. The Hall–Kier alpha value is -1.95. The monoisotopic (exact) mass is 449 g/mol. The second-order valence-electron chi connectivity index (χ2n) is 7.46. The summed E-state index contributed by atoms with van der Waals surface area (Å²) >= 11 is 3.63. The van der Waals surface area contributed by atoms with Gasteiger partial charge in [0.1, 0.15) is 0 Å². The van der Waals surface area contributed by atoms with Crippen molar-refractivity contribution in [2.45, 2.75) is 60.0 Å². The van der Waals surface area contributed by atoms with Crippen molar-refractivity contribution in [1.82, 2.24) is 4.98 Å². The Balaban J connectivity index is 2.21. The number of rotatable bonds is 4. The minimum Gasteiger partial charge on any atom is -0.490 e. The minimum absolute atomic E-state index is 0.0832. The normalized spacial score (nSPS) is 13.3. The highest BCUT2D eigenvalue weighted by Gasteiger charge is 2.25. The summed E-state index contributed by atoms with van der Waals surface area (Å²) in [6.07, 6.45) is 1.52. The molecule has 28 heavy (non-hydrogen) atoms. The molecule has 2 heterocycles. The fourth-order valence-electron chi connectivity index (χ4n) is 3.73. The summed E-state index contributed by atoms with van der Waals surface area (Å²) in [4.78, 5) is 16.9. The number of halogens is 2. The molecule has 0 saturated carbocycles. The van der Waals surface area contributed by atoms with Crippen LogP contribution >= 0.6 is 15.9 Å². The molecule has 0 bridgehead atoms. The van der Waals surface area contributed by atoms with Crippen LogP contribution in [0, 0.1) is 26.6 Å². The lowest BCUT2D eigenvalue weighted by molar-refractivity contribution is -0.146. The van der Waals surface area contributed by atoms with Gasteiger partial charge in [0.2, 0.25) is 0 Å². The molecule has 6 heteroatoms. The number of nitrogens with zero attached hydrogens (tertiary/aromatic N) is 1. The number of carbonyl (C=O) groups excluding carboxylic acids is 1. The number of esters is 1. The second kappa shape index (κ2) is 8.19. The SMILES string of the molecule is Cc1nc(C)c(CC(=O)OC(C)C)c(-c2cc(F)c3c(c2C)CCCO3)c1Br. The van der Waals surface area contributed by atoms with Gasteiger partial charge in [0.05, 0.1) is 24.8 Å². The molecule has 0 N–H and O–H groups in total. The van der Waals surface area contributed by atoms with Crippen LogP contribution in [0.2, 0.25) is 0 Å². The fraction of sp³-hybridized carbons (Fsp3) is 0.455. The highest BCUT2D eigenvalue weighted by molar-refractivity contribution is 9.10. The zero-order chi connectivity index (χ0) is 20.6. The van der Waals surface area contributed by atoms with Crippen molar-refractivity contribution in [3.05, 3.63) is 44.4 Å². The molecule has 1 aromatic carbocycles. The van der Waals surface area contributed by atoms with Crippen LogP contribution in [0.25, 0.3) is 11.1 Å². The molecule has 0 aliphatic carbocycles. The fourth-order valence-corrected chi connectivity index (χ4v) is 4.27. The Morgan fingerprint density at radius 2 is 2.04 bits per heavy atom. The number of fused-ring (bicyclic) bond motifs is 1. The van der Waals surface area contributed by atoms with Crippen molar-refractivity contribution in [3.63, 3.8) is 0 Å². The topological polar surface area (TPSA) is 48.4 Å². The summed E-state index contributed by atoms with van der Waals surface area (Å²) in [5, 5.41) is 0. The van der Waals surface area contributed by atoms with Gasteiger partial charge in [-0.05, 0) is 86.1 Å². The van der Waals surface area contributed by atoms with Crippen molar-refractivity contribution in [2.75, 3.05) is 6.61 Å². The molecule has 3 rings (SSSR count). The van der Waals surface area contributed by atoms with Crippen LogP contribution in [0.15, 0.2) is 10.5 Å². The molecule has 0 fully saturated rings. The van der Waals surface area contributed by atoms with Crippen molar-refractivity contribution in [1.29, 1.82) is 0 Å². The van der Waals surface area contributed by atoms with E-state index in [0.717, 1.165) is 56.5 Å². The van der Waals surface area contributed by atoms with E-state index in [1.165, 1.54) is 6.07 Å². The van der Waals surface area contributed by atoms with E-state index < -0.39 is 0 Å². The average Bonchev–Trinajstić information content (AvgIpc) is 2.63. The zero-order valence-corrected chi connectivity index (χ0v) is 18.5. The van der Waals surface area contributed by atoms with Crippen LogP contribution in [0.3, 0.4) is 0 Å². The lowest BCUT2D eigenvalue weighted by atomic mass is 9.88. The second-order valence-corrected chi connectivity index (χ2v) is 8.25. The number of benzene rings is 1.